The van der Waals surface area contributed by atoms with Crippen LogP contribution in [0.5, 0.6) is 0 Å². The number of hydrogen-bond donors (Lipinski definition) is 2. The molecule has 0 heterocycles. The third kappa shape index (κ3) is 4.83. The van der Waals surface area contributed by atoms with Crippen LogP contribution >= 0.6 is 27.5 Å². The van der Waals surface area contributed by atoms with Gasteiger partial charge in [0.05, 0.1) is 16.4 Å². The SMILES string of the molecule is Cc1cccc(NS(=O)(=O)c2cc(C(=O)Nc3ccc(Br)cc3F)ccc2Cl)c1C. The molecule has 0 bridgehead atoms. The molecule has 0 aliphatic heterocycles. The first-order valence-electron chi connectivity index (χ1n) is 8.73. The molecule has 5 nitrogen and oxygen atoms in total. The Morgan fingerprint density at radius 3 is 2.47 bits per heavy atom. The van der Waals surface area contributed by atoms with E-state index in [9.17, 15) is 17.6 Å². The molecule has 0 aromatic heterocycles. The zero-order valence-electron chi connectivity index (χ0n) is 16.0. The Bertz CT molecular complexity index is 1250. The Kier molecular flexibility index (Phi) is 6.50. The lowest BCUT2D eigenvalue weighted by Gasteiger charge is -2.14. The maximum Gasteiger partial charge on any atom is 0.263 e. The highest BCUT2D eigenvalue weighted by Crippen LogP contribution is 2.28. The van der Waals surface area contributed by atoms with E-state index in [1.807, 2.05) is 13.0 Å². The molecule has 2 N–H and O–H groups in total. The summed E-state index contributed by atoms with van der Waals surface area (Å²) in [6, 6.07) is 13.3. The lowest BCUT2D eigenvalue weighted by molar-refractivity contribution is 0.102. The van der Waals surface area contributed by atoms with Gasteiger partial charge >= 0.3 is 0 Å². The zero-order valence-corrected chi connectivity index (χ0v) is 19.1. The van der Waals surface area contributed by atoms with E-state index >= 15 is 0 Å². The number of anilines is 2. The smallest absolute Gasteiger partial charge is 0.263 e. The number of sulfonamides is 1. The maximum absolute atomic E-state index is 14.0. The number of carbonyl (C=O) groups excluding carboxylic acids is 1. The van der Waals surface area contributed by atoms with Gasteiger partial charge < -0.3 is 5.32 Å². The van der Waals surface area contributed by atoms with Crippen LogP contribution in [0.2, 0.25) is 5.02 Å². The molecule has 0 unspecified atom stereocenters. The minimum Gasteiger partial charge on any atom is -0.319 e. The number of halogens is 3. The normalized spacial score (nSPS) is 11.2. The molecule has 0 fully saturated rings. The molecule has 156 valence electrons. The van der Waals surface area contributed by atoms with E-state index in [1.54, 1.807) is 25.1 Å². The first kappa shape index (κ1) is 22.3. The monoisotopic (exact) mass is 510 g/mol. The second-order valence-electron chi connectivity index (χ2n) is 6.58. The largest absolute Gasteiger partial charge is 0.319 e. The van der Waals surface area contributed by atoms with Gasteiger partial charge in [0.1, 0.15) is 10.7 Å². The molecule has 0 saturated heterocycles. The molecule has 9 heteroatoms. The second-order valence-corrected chi connectivity index (χ2v) is 9.55. The fourth-order valence-electron chi connectivity index (χ4n) is 2.70. The highest BCUT2D eigenvalue weighted by Gasteiger charge is 2.22. The van der Waals surface area contributed by atoms with Crippen molar-refractivity contribution in [2.45, 2.75) is 18.7 Å². The van der Waals surface area contributed by atoms with Crippen molar-refractivity contribution in [2.24, 2.45) is 0 Å². The molecular weight excluding hydrogens is 495 g/mol. The van der Waals surface area contributed by atoms with Crippen molar-refractivity contribution >= 4 is 54.8 Å². The summed E-state index contributed by atoms with van der Waals surface area (Å²) in [5, 5.41) is 2.38. The molecule has 1 amide bonds. The lowest BCUT2D eigenvalue weighted by Crippen LogP contribution is -2.17. The van der Waals surface area contributed by atoms with Gasteiger partial charge in [-0.25, -0.2) is 12.8 Å². The fraction of sp³-hybridized carbons (Fsp3) is 0.0952. The molecule has 0 radical (unpaired) electrons. The molecule has 3 rings (SSSR count). The third-order valence-electron chi connectivity index (χ3n) is 4.51. The summed E-state index contributed by atoms with van der Waals surface area (Å²) in [4.78, 5) is 12.3. The minimum absolute atomic E-state index is 0.0167. The number of hydrogen-bond acceptors (Lipinski definition) is 3. The van der Waals surface area contributed by atoms with Crippen molar-refractivity contribution in [1.82, 2.24) is 0 Å². The number of benzene rings is 3. The summed E-state index contributed by atoms with van der Waals surface area (Å²) < 4.78 is 42.9. The number of carbonyl (C=O) groups is 1. The molecule has 0 atom stereocenters. The zero-order chi connectivity index (χ0) is 22.1. The van der Waals surface area contributed by atoms with Crippen LogP contribution in [0, 0.1) is 19.7 Å². The quantitative estimate of drug-likeness (QED) is 0.447. The van der Waals surface area contributed by atoms with Gasteiger partial charge in [0.25, 0.3) is 15.9 Å². The molecule has 3 aromatic rings. The van der Waals surface area contributed by atoms with Crippen LogP contribution in [0.15, 0.2) is 64.0 Å². The number of nitrogens with one attached hydrogen (secondary N) is 2. The number of aryl methyl sites for hydroxylation is 1. The summed E-state index contributed by atoms with van der Waals surface area (Å²) in [5.41, 5.74) is 2.10. The Morgan fingerprint density at radius 2 is 1.77 bits per heavy atom. The Morgan fingerprint density at radius 1 is 1.03 bits per heavy atom. The predicted molar refractivity (Wildman–Crippen MR) is 120 cm³/mol. The molecular formula is C21H17BrClFN2O3S. The van der Waals surface area contributed by atoms with Crippen molar-refractivity contribution in [2.75, 3.05) is 10.0 Å². The molecule has 30 heavy (non-hydrogen) atoms. The van der Waals surface area contributed by atoms with Crippen molar-refractivity contribution in [1.29, 1.82) is 0 Å². The average molecular weight is 512 g/mol. The van der Waals surface area contributed by atoms with E-state index in [1.165, 1.54) is 24.3 Å². The molecule has 0 aliphatic rings. The first-order chi connectivity index (χ1) is 14.1. The summed E-state index contributed by atoms with van der Waals surface area (Å²) in [7, 11) is -4.07. The predicted octanol–water partition coefficient (Wildman–Crippen LogP) is 5.91. The molecule has 0 saturated carbocycles. The van der Waals surface area contributed by atoms with Crippen molar-refractivity contribution in [3.63, 3.8) is 0 Å². The Labute approximate surface area is 187 Å². The van der Waals surface area contributed by atoms with Gasteiger partial charge in [-0.1, -0.05) is 39.7 Å². The van der Waals surface area contributed by atoms with E-state index in [-0.39, 0.29) is 21.2 Å². The summed E-state index contributed by atoms with van der Waals surface area (Å²) in [5.74, 6) is -1.30. The Balaban J connectivity index is 1.92. The van der Waals surface area contributed by atoms with Crippen molar-refractivity contribution < 1.29 is 17.6 Å². The van der Waals surface area contributed by atoms with E-state index in [2.05, 4.69) is 26.0 Å². The third-order valence-corrected chi connectivity index (χ3v) is 6.85. The summed E-state index contributed by atoms with van der Waals surface area (Å²) in [6.45, 7) is 3.66. The Hall–Kier alpha value is -2.42. The summed E-state index contributed by atoms with van der Waals surface area (Å²) in [6.07, 6.45) is 0. The van der Waals surface area contributed by atoms with Crippen LogP contribution in [0.3, 0.4) is 0 Å². The topological polar surface area (TPSA) is 75.3 Å². The first-order valence-corrected chi connectivity index (χ1v) is 11.4. The van der Waals surface area contributed by atoms with Gasteiger partial charge in [0, 0.05) is 10.0 Å². The van der Waals surface area contributed by atoms with Gasteiger partial charge in [0.15, 0.2) is 0 Å². The minimum atomic E-state index is -4.07. The van der Waals surface area contributed by atoms with E-state index in [4.69, 9.17) is 11.6 Å². The maximum atomic E-state index is 14.0. The van der Waals surface area contributed by atoms with Gasteiger partial charge in [0.2, 0.25) is 0 Å². The standard InChI is InChI=1S/C21H17BrClFN2O3S/c1-12-4-3-5-18(13(12)2)26-30(28,29)20-10-14(6-8-16(20)23)21(27)25-19-9-7-15(22)11-17(19)24/h3-11,26H,1-2H3,(H,25,27). The lowest BCUT2D eigenvalue weighted by atomic mass is 10.1. The molecule has 0 aliphatic carbocycles. The van der Waals surface area contributed by atoms with Crippen LogP contribution in [0.4, 0.5) is 15.8 Å². The van der Waals surface area contributed by atoms with Gasteiger partial charge in [-0.3, -0.25) is 9.52 Å². The number of rotatable bonds is 5. The van der Waals surface area contributed by atoms with Crippen LogP contribution in [-0.2, 0) is 10.0 Å². The molecule has 0 spiro atoms. The molecule has 3 aromatic carbocycles. The highest BCUT2D eigenvalue weighted by molar-refractivity contribution is 9.10. The number of amides is 1. The second kappa shape index (κ2) is 8.75. The van der Waals surface area contributed by atoms with Crippen LogP contribution in [-0.4, -0.2) is 14.3 Å². The fourth-order valence-corrected chi connectivity index (χ4v) is 4.68. The van der Waals surface area contributed by atoms with E-state index < -0.39 is 21.7 Å². The highest BCUT2D eigenvalue weighted by atomic mass is 79.9. The van der Waals surface area contributed by atoms with Crippen LogP contribution in [0.25, 0.3) is 0 Å². The van der Waals surface area contributed by atoms with Crippen molar-refractivity contribution in [3.05, 3.63) is 86.6 Å². The van der Waals surface area contributed by atoms with E-state index in [0.29, 0.717) is 10.2 Å². The van der Waals surface area contributed by atoms with Crippen LogP contribution < -0.4 is 10.0 Å². The van der Waals surface area contributed by atoms with Crippen LogP contribution in [0.1, 0.15) is 21.5 Å². The van der Waals surface area contributed by atoms with Gasteiger partial charge in [-0.15, -0.1) is 0 Å². The van der Waals surface area contributed by atoms with E-state index in [0.717, 1.165) is 17.2 Å². The van der Waals surface area contributed by atoms with Gasteiger partial charge in [-0.05, 0) is 67.4 Å². The average Bonchev–Trinajstić information content (AvgIpc) is 2.67. The van der Waals surface area contributed by atoms with Gasteiger partial charge in [-0.2, -0.15) is 0 Å². The summed E-state index contributed by atoms with van der Waals surface area (Å²) >= 11 is 9.25. The van der Waals surface area contributed by atoms with Crippen molar-refractivity contribution in [3.8, 4) is 0 Å².